The molecule has 0 aliphatic carbocycles. The molecule has 0 bridgehead atoms. The maximum atomic E-state index is 5.90. The normalized spacial score (nSPS) is 19.6. The van der Waals surface area contributed by atoms with Crippen molar-refractivity contribution in [3.63, 3.8) is 0 Å². The highest BCUT2D eigenvalue weighted by molar-refractivity contribution is 7.10. The first-order chi connectivity index (χ1) is 7.28. The largest absolute Gasteiger partial charge is 0.330 e. The van der Waals surface area contributed by atoms with Crippen LogP contribution in [0.3, 0.4) is 0 Å². The minimum Gasteiger partial charge on any atom is -0.330 e. The third-order valence-electron chi connectivity index (χ3n) is 3.04. The molecular formula is C11H17ClN2S. The fourth-order valence-corrected chi connectivity index (χ4v) is 3.15. The highest BCUT2D eigenvalue weighted by atomic mass is 35.5. The van der Waals surface area contributed by atoms with E-state index in [1.54, 1.807) is 11.3 Å². The van der Waals surface area contributed by atoms with E-state index in [1.807, 2.05) is 5.38 Å². The van der Waals surface area contributed by atoms with Crippen LogP contribution < -0.4 is 5.73 Å². The minimum atomic E-state index is 0.744. The van der Waals surface area contributed by atoms with Crippen LogP contribution in [0.5, 0.6) is 0 Å². The van der Waals surface area contributed by atoms with Crippen LogP contribution in [-0.2, 0) is 6.54 Å². The third kappa shape index (κ3) is 3.18. The molecule has 0 aromatic carbocycles. The molecule has 0 atom stereocenters. The van der Waals surface area contributed by atoms with Gasteiger partial charge in [0.15, 0.2) is 0 Å². The van der Waals surface area contributed by atoms with Gasteiger partial charge in [-0.05, 0) is 44.5 Å². The van der Waals surface area contributed by atoms with Crippen molar-refractivity contribution in [2.24, 2.45) is 11.7 Å². The quantitative estimate of drug-likeness (QED) is 0.886. The van der Waals surface area contributed by atoms with Gasteiger partial charge in [0.2, 0.25) is 0 Å². The topological polar surface area (TPSA) is 29.3 Å². The summed E-state index contributed by atoms with van der Waals surface area (Å²) in [5, 5.41) is 2.87. The molecule has 1 saturated heterocycles. The summed E-state index contributed by atoms with van der Waals surface area (Å²) in [7, 11) is 0. The summed E-state index contributed by atoms with van der Waals surface area (Å²) in [6, 6.07) is 2.07. The van der Waals surface area contributed by atoms with Crippen LogP contribution >= 0.6 is 22.9 Å². The van der Waals surface area contributed by atoms with Gasteiger partial charge in [0.05, 0.1) is 5.02 Å². The molecule has 2 rings (SSSR count). The average Bonchev–Trinajstić information content (AvgIpc) is 2.65. The van der Waals surface area contributed by atoms with Gasteiger partial charge < -0.3 is 5.73 Å². The second-order valence-electron chi connectivity index (χ2n) is 4.19. The summed E-state index contributed by atoms with van der Waals surface area (Å²) in [6.45, 7) is 4.25. The first-order valence-corrected chi connectivity index (χ1v) is 6.69. The molecule has 0 saturated carbocycles. The van der Waals surface area contributed by atoms with Crippen LogP contribution in [0.1, 0.15) is 17.7 Å². The molecule has 2 N–H and O–H groups in total. The third-order valence-corrected chi connectivity index (χ3v) is 4.31. The molecule has 15 heavy (non-hydrogen) atoms. The lowest BCUT2D eigenvalue weighted by atomic mass is 9.97. The minimum absolute atomic E-state index is 0.744. The standard InChI is InChI=1S/C11H17ClN2S/c12-10-5-11(15-8-10)7-14-3-1-9(6-13)2-4-14/h5,8-9H,1-4,6-7,13H2. The van der Waals surface area contributed by atoms with Gasteiger partial charge in [-0.3, -0.25) is 4.90 Å². The highest BCUT2D eigenvalue weighted by Gasteiger charge is 2.18. The van der Waals surface area contributed by atoms with Crippen LogP contribution in [0.2, 0.25) is 5.02 Å². The van der Waals surface area contributed by atoms with E-state index in [0.717, 1.165) is 24.0 Å². The smallest absolute Gasteiger partial charge is 0.0516 e. The van der Waals surface area contributed by atoms with E-state index in [9.17, 15) is 0 Å². The maximum absolute atomic E-state index is 5.90. The van der Waals surface area contributed by atoms with Gasteiger partial charge in [0, 0.05) is 16.8 Å². The molecule has 0 radical (unpaired) electrons. The number of piperidine rings is 1. The maximum Gasteiger partial charge on any atom is 0.0516 e. The van der Waals surface area contributed by atoms with Gasteiger partial charge in [-0.1, -0.05) is 11.6 Å². The number of nitrogens with two attached hydrogens (primary N) is 1. The van der Waals surface area contributed by atoms with Crippen molar-refractivity contribution in [2.75, 3.05) is 19.6 Å². The van der Waals surface area contributed by atoms with Gasteiger partial charge in [0.1, 0.15) is 0 Å². The van der Waals surface area contributed by atoms with Gasteiger partial charge in [0.25, 0.3) is 0 Å². The predicted octanol–water partition coefficient (Wildman–Crippen LogP) is 2.57. The van der Waals surface area contributed by atoms with Crippen molar-refractivity contribution >= 4 is 22.9 Å². The van der Waals surface area contributed by atoms with Crippen LogP contribution in [0.15, 0.2) is 11.4 Å². The molecule has 1 aromatic rings. The fraction of sp³-hybridized carbons (Fsp3) is 0.636. The molecule has 2 nitrogen and oxygen atoms in total. The van der Waals surface area contributed by atoms with Gasteiger partial charge in [-0.25, -0.2) is 0 Å². The molecular weight excluding hydrogens is 228 g/mol. The summed E-state index contributed by atoms with van der Waals surface area (Å²) >= 11 is 7.65. The second-order valence-corrected chi connectivity index (χ2v) is 5.62. The van der Waals surface area contributed by atoms with Crippen LogP contribution in [0.4, 0.5) is 0 Å². The molecule has 1 aromatic heterocycles. The highest BCUT2D eigenvalue weighted by Crippen LogP contribution is 2.23. The SMILES string of the molecule is NCC1CCN(Cc2cc(Cl)cs2)CC1. The van der Waals surface area contributed by atoms with Gasteiger partial charge >= 0.3 is 0 Å². The van der Waals surface area contributed by atoms with Crippen molar-refractivity contribution in [3.8, 4) is 0 Å². The molecule has 0 spiro atoms. The van der Waals surface area contributed by atoms with E-state index >= 15 is 0 Å². The molecule has 1 aliphatic heterocycles. The Hall–Kier alpha value is -0.0900. The lowest BCUT2D eigenvalue weighted by molar-refractivity contribution is 0.182. The van der Waals surface area contributed by atoms with Crippen molar-refractivity contribution in [3.05, 3.63) is 21.3 Å². The van der Waals surface area contributed by atoms with Crippen molar-refractivity contribution in [2.45, 2.75) is 19.4 Å². The van der Waals surface area contributed by atoms with E-state index in [-0.39, 0.29) is 0 Å². The average molecular weight is 245 g/mol. The Morgan fingerprint density at radius 1 is 1.47 bits per heavy atom. The lowest BCUT2D eigenvalue weighted by Crippen LogP contribution is -2.35. The van der Waals surface area contributed by atoms with Crippen LogP contribution in [0.25, 0.3) is 0 Å². The Labute approximate surface area is 100 Å². The summed E-state index contributed by atoms with van der Waals surface area (Å²) in [6.07, 6.45) is 2.49. The molecule has 4 heteroatoms. The number of nitrogens with zero attached hydrogens (tertiary/aromatic N) is 1. The summed E-state index contributed by atoms with van der Waals surface area (Å²) in [4.78, 5) is 3.86. The Kier molecular flexibility index (Phi) is 4.03. The Bertz CT molecular complexity index is 305. The number of halogens is 1. The van der Waals surface area contributed by atoms with E-state index in [0.29, 0.717) is 0 Å². The number of thiophene rings is 1. The number of likely N-dealkylation sites (tertiary alicyclic amines) is 1. The number of rotatable bonds is 3. The Balaban J connectivity index is 1.82. The van der Waals surface area contributed by atoms with E-state index in [1.165, 1.54) is 30.8 Å². The Morgan fingerprint density at radius 3 is 2.73 bits per heavy atom. The van der Waals surface area contributed by atoms with Crippen LogP contribution in [0, 0.1) is 5.92 Å². The van der Waals surface area contributed by atoms with Crippen LogP contribution in [-0.4, -0.2) is 24.5 Å². The monoisotopic (exact) mass is 244 g/mol. The molecule has 0 unspecified atom stereocenters. The van der Waals surface area contributed by atoms with Crippen molar-refractivity contribution < 1.29 is 0 Å². The fourth-order valence-electron chi connectivity index (χ4n) is 2.04. The lowest BCUT2D eigenvalue weighted by Gasteiger charge is -2.30. The Morgan fingerprint density at radius 2 is 2.20 bits per heavy atom. The number of hydrogen-bond donors (Lipinski definition) is 1. The zero-order chi connectivity index (χ0) is 10.7. The van der Waals surface area contributed by atoms with E-state index < -0.39 is 0 Å². The van der Waals surface area contributed by atoms with Gasteiger partial charge in [-0.2, -0.15) is 0 Å². The predicted molar refractivity (Wildman–Crippen MR) is 66.4 cm³/mol. The second kappa shape index (κ2) is 5.30. The molecule has 1 fully saturated rings. The van der Waals surface area contributed by atoms with Crippen molar-refractivity contribution in [1.29, 1.82) is 0 Å². The summed E-state index contributed by atoms with van der Waals surface area (Å²) in [5.41, 5.74) is 5.67. The first kappa shape index (κ1) is 11.4. The van der Waals surface area contributed by atoms with Crippen molar-refractivity contribution in [1.82, 2.24) is 4.90 Å². The zero-order valence-electron chi connectivity index (χ0n) is 8.79. The van der Waals surface area contributed by atoms with E-state index in [2.05, 4.69) is 11.0 Å². The molecule has 84 valence electrons. The zero-order valence-corrected chi connectivity index (χ0v) is 10.4. The molecule has 0 amide bonds. The van der Waals surface area contributed by atoms with E-state index in [4.69, 9.17) is 17.3 Å². The summed E-state index contributed by atoms with van der Waals surface area (Å²) in [5.74, 6) is 0.744. The molecule has 1 aliphatic rings. The van der Waals surface area contributed by atoms with Gasteiger partial charge in [-0.15, -0.1) is 11.3 Å². The summed E-state index contributed by atoms with van der Waals surface area (Å²) < 4.78 is 0. The number of hydrogen-bond acceptors (Lipinski definition) is 3. The molecule has 2 heterocycles. The first-order valence-electron chi connectivity index (χ1n) is 5.43.